The SMILES string of the molecule is CC1CC(Oc2ccnc3ccc(F)cc23)CC1C(C(=O)Nc1ccc(C#N)cn1)C1CC1. The van der Waals surface area contributed by atoms with E-state index in [1.54, 1.807) is 30.5 Å². The fourth-order valence-corrected chi connectivity index (χ4v) is 5.15. The van der Waals surface area contributed by atoms with Crippen LogP contribution < -0.4 is 10.1 Å². The summed E-state index contributed by atoms with van der Waals surface area (Å²) in [5, 5.41) is 12.6. The number of amides is 1. The van der Waals surface area contributed by atoms with Gasteiger partial charge in [-0.05, 0) is 79.8 Å². The second kappa shape index (κ2) is 8.78. The number of carbonyl (C=O) groups is 1. The summed E-state index contributed by atoms with van der Waals surface area (Å²) in [7, 11) is 0. The molecule has 7 heteroatoms. The lowest BCUT2D eigenvalue weighted by Gasteiger charge is -2.25. The molecule has 5 rings (SSSR count). The largest absolute Gasteiger partial charge is 0.490 e. The van der Waals surface area contributed by atoms with E-state index in [4.69, 9.17) is 10.00 Å². The van der Waals surface area contributed by atoms with Gasteiger partial charge >= 0.3 is 0 Å². The number of rotatable bonds is 6. The molecular weight excluding hydrogens is 419 g/mol. The molecule has 4 atom stereocenters. The monoisotopic (exact) mass is 444 g/mol. The molecule has 1 aromatic carbocycles. The van der Waals surface area contributed by atoms with Crippen LogP contribution in [0.5, 0.6) is 5.75 Å². The highest BCUT2D eigenvalue weighted by molar-refractivity contribution is 5.92. The number of nitrogens with zero attached hydrogens (tertiary/aromatic N) is 3. The number of nitrogens with one attached hydrogen (secondary N) is 1. The Kier molecular flexibility index (Phi) is 5.67. The van der Waals surface area contributed by atoms with Crippen LogP contribution in [0.15, 0.2) is 48.8 Å². The third-order valence-corrected chi connectivity index (χ3v) is 6.90. The summed E-state index contributed by atoms with van der Waals surface area (Å²) in [5.74, 6) is 1.57. The van der Waals surface area contributed by atoms with Crippen LogP contribution in [0.3, 0.4) is 0 Å². The number of hydrogen-bond acceptors (Lipinski definition) is 5. The van der Waals surface area contributed by atoms with Crippen LogP contribution in [0.4, 0.5) is 10.2 Å². The molecule has 2 aromatic heterocycles. The molecule has 4 unspecified atom stereocenters. The predicted octanol–water partition coefficient (Wildman–Crippen LogP) is 5.10. The van der Waals surface area contributed by atoms with Crippen LogP contribution in [0.25, 0.3) is 10.9 Å². The smallest absolute Gasteiger partial charge is 0.229 e. The van der Waals surface area contributed by atoms with Crippen molar-refractivity contribution in [1.29, 1.82) is 5.26 Å². The van der Waals surface area contributed by atoms with Crippen LogP contribution in [-0.4, -0.2) is 22.0 Å². The molecule has 33 heavy (non-hydrogen) atoms. The zero-order valence-corrected chi connectivity index (χ0v) is 18.4. The Balaban J connectivity index is 1.31. The maximum atomic E-state index is 13.8. The summed E-state index contributed by atoms with van der Waals surface area (Å²) in [6.07, 6.45) is 6.83. The molecule has 2 heterocycles. The summed E-state index contributed by atoms with van der Waals surface area (Å²) >= 11 is 0. The Bertz CT molecular complexity index is 1220. The van der Waals surface area contributed by atoms with Crippen LogP contribution in [0, 0.1) is 40.8 Å². The summed E-state index contributed by atoms with van der Waals surface area (Å²) < 4.78 is 20.2. The van der Waals surface area contributed by atoms with E-state index in [1.807, 2.05) is 6.07 Å². The van der Waals surface area contributed by atoms with Crippen LogP contribution in [0.1, 0.15) is 38.2 Å². The zero-order valence-electron chi connectivity index (χ0n) is 18.4. The Morgan fingerprint density at radius 1 is 1.21 bits per heavy atom. The standard InChI is InChI=1S/C26H25FN4O2/c1-15-10-19(33-23-8-9-29-22-6-5-18(27)11-21(22)23)12-20(15)25(17-3-4-17)26(32)31-24-7-2-16(13-28)14-30-24/h2,5-9,11,14-15,17,19-20,25H,3-4,10,12H2,1H3,(H,30,31,32). The van der Waals surface area contributed by atoms with E-state index >= 15 is 0 Å². The number of hydrogen-bond donors (Lipinski definition) is 1. The lowest BCUT2D eigenvalue weighted by Crippen LogP contribution is -2.33. The van der Waals surface area contributed by atoms with Gasteiger partial charge in [0.25, 0.3) is 0 Å². The first-order valence-corrected chi connectivity index (χ1v) is 11.4. The molecule has 0 aliphatic heterocycles. The number of aromatic nitrogens is 2. The molecule has 3 aromatic rings. The van der Waals surface area contributed by atoms with Gasteiger partial charge in [-0.1, -0.05) is 6.92 Å². The van der Waals surface area contributed by atoms with E-state index in [0.717, 1.165) is 25.7 Å². The number of nitriles is 1. The lowest BCUT2D eigenvalue weighted by molar-refractivity contribution is -0.122. The van der Waals surface area contributed by atoms with Crippen molar-refractivity contribution in [3.8, 4) is 11.8 Å². The van der Waals surface area contributed by atoms with Gasteiger partial charge in [-0.15, -0.1) is 0 Å². The second-order valence-corrected chi connectivity index (χ2v) is 9.22. The fourth-order valence-electron chi connectivity index (χ4n) is 5.15. The fraction of sp³-hybridized carbons (Fsp3) is 0.385. The van der Waals surface area contributed by atoms with Gasteiger partial charge in [0.1, 0.15) is 23.5 Å². The molecule has 2 aliphatic carbocycles. The van der Waals surface area contributed by atoms with Crippen LogP contribution in [-0.2, 0) is 4.79 Å². The first-order valence-electron chi connectivity index (χ1n) is 11.4. The summed E-state index contributed by atoms with van der Waals surface area (Å²) in [6.45, 7) is 2.18. The van der Waals surface area contributed by atoms with E-state index in [1.165, 1.54) is 18.3 Å². The Morgan fingerprint density at radius 2 is 2.06 bits per heavy atom. The number of pyridine rings is 2. The topological polar surface area (TPSA) is 87.9 Å². The lowest BCUT2D eigenvalue weighted by atomic mass is 9.81. The molecule has 168 valence electrons. The van der Waals surface area contributed by atoms with Crippen molar-refractivity contribution in [2.45, 2.75) is 38.7 Å². The maximum absolute atomic E-state index is 13.8. The quantitative estimate of drug-likeness (QED) is 0.572. The molecule has 1 amide bonds. The minimum Gasteiger partial charge on any atom is -0.490 e. The summed E-state index contributed by atoms with van der Waals surface area (Å²) in [4.78, 5) is 21.7. The van der Waals surface area contributed by atoms with Gasteiger partial charge in [0.2, 0.25) is 5.91 Å². The Morgan fingerprint density at radius 3 is 2.79 bits per heavy atom. The Labute approximate surface area is 191 Å². The van der Waals surface area contributed by atoms with E-state index in [-0.39, 0.29) is 29.7 Å². The van der Waals surface area contributed by atoms with E-state index in [9.17, 15) is 9.18 Å². The molecule has 1 N–H and O–H groups in total. The number of halogens is 1. The highest BCUT2D eigenvalue weighted by Crippen LogP contribution is 2.49. The van der Waals surface area contributed by atoms with Gasteiger partial charge in [-0.3, -0.25) is 9.78 Å². The zero-order chi connectivity index (χ0) is 22.9. The van der Waals surface area contributed by atoms with Crippen LogP contribution in [0.2, 0.25) is 0 Å². The van der Waals surface area contributed by atoms with Gasteiger partial charge in [-0.25, -0.2) is 9.37 Å². The number of carbonyl (C=O) groups excluding carboxylic acids is 1. The number of ether oxygens (including phenoxy) is 1. The third kappa shape index (κ3) is 4.51. The molecule has 2 aliphatic rings. The number of benzene rings is 1. The average molecular weight is 445 g/mol. The Hall–Kier alpha value is -3.53. The van der Waals surface area contributed by atoms with Crippen LogP contribution >= 0.6 is 0 Å². The normalized spacial score (nSPS) is 23.1. The van der Waals surface area contributed by atoms with E-state index < -0.39 is 0 Å². The predicted molar refractivity (Wildman–Crippen MR) is 122 cm³/mol. The van der Waals surface area contributed by atoms with Gasteiger partial charge in [0.05, 0.1) is 17.2 Å². The number of fused-ring (bicyclic) bond motifs is 1. The van der Waals surface area contributed by atoms with E-state index in [0.29, 0.717) is 39.9 Å². The van der Waals surface area contributed by atoms with Crippen molar-refractivity contribution in [1.82, 2.24) is 9.97 Å². The molecule has 2 saturated carbocycles. The first-order chi connectivity index (χ1) is 16.0. The second-order valence-electron chi connectivity index (χ2n) is 9.22. The van der Waals surface area contributed by atoms with Crippen molar-refractivity contribution < 1.29 is 13.9 Å². The minimum atomic E-state index is -0.320. The van der Waals surface area contributed by atoms with Crippen molar-refractivity contribution in [3.05, 3.63) is 60.2 Å². The third-order valence-electron chi connectivity index (χ3n) is 6.90. The summed E-state index contributed by atoms with van der Waals surface area (Å²) in [5.41, 5.74) is 1.15. The molecule has 2 fully saturated rings. The van der Waals surface area contributed by atoms with Gasteiger partial charge in [0.15, 0.2) is 0 Å². The molecule has 0 spiro atoms. The molecule has 0 bridgehead atoms. The molecular formula is C26H25FN4O2. The highest BCUT2D eigenvalue weighted by Gasteiger charge is 2.47. The first kappa shape index (κ1) is 21.3. The van der Waals surface area contributed by atoms with E-state index in [2.05, 4.69) is 22.2 Å². The summed E-state index contributed by atoms with van der Waals surface area (Å²) in [6, 6.07) is 11.6. The van der Waals surface area contributed by atoms with Crippen molar-refractivity contribution in [3.63, 3.8) is 0 Å². The molecule has 0 radical (unpaired) electrons. The average Bonchev–Trinajstić information content (AvgIpc) is 3.58. The van der Waals surface area contributed by atoms with Crippen molar-refractivity contribution >= 4 is 22.6 Å². The van der Waals surface area contributed by atoms with Crippen molar-refractivity contribution in [2.24, 2.45) is 23.7 Å². The van der Waals surface area contributed by atoms with Gasteiger partial charge in [-0.2, -0.15) is 5.26 Å². The number of anilines is 1. The van der Waals surface area contributed by atoms with Crippen molar-refractivity contribution in [2.75, 3.05) is 5.32 Å². The highest BCUT2D eigenvalue weighted by atomic mass is 19.1. The van der Waals surface area contributed by atoms with Gasteiger partial charge in [0, 0.05) is 23.7 Å². The molecule has 0 saturated heterocycles. The minimum absolute atomic E-state index is 0.0105. The maximum Gasteiger partial charge on any atom is 0.229 e. The molecule has 6 nitrogen and oxygen atoms in total. The van der Waals surface area contributed by atoms with Gasteiger partial charge < -0.3 is 10.1 Å².